The zero-order chi connectivity index (χ0) is 49.8. The number of rotatable bonds is 8. The van der Waals surface area contributed by atoms with Gasteiger partial charge >= 0.3 is 0 Å². The Bertz CT molecular complexity index is 5060. The van der Waals surface area contributed by atoms with E-state index in [1.807, 2.05) is 19.1 Å². The number of hydrogen-bond donors (Lipinski definition) is 0. The lowest BCUT2D eigenvalue weighted by molar-refractivity contribution is 0.604. The highest BCUT2D eigenvalue weighted by atomic mass is 16.3. The number of aromatic nitrogens is 2. The van der Waals surface area contributed by atoms with E-state index in [4.69, 9.17) is 8.83 Å². The molecule has 6 aromatic heterocycles. The monoisotopic (exact) mass is 962 g/mol. The fraction of sp³-hybridized carbons (Fsp3) is 0.0435. The fourth-order valence-corrected chi connectivity index (χ4v) is 12.8. The molecule has 10 aromatic carbocycles. The second-order valence-electron chi connectivity index (χ2n) is 20.1. The zero-order valence-corrected chi connectivity index (χ0v) is 41.5. The van der Waals surface area contributed by atoms with Crippen molar-refractivity contribution in [1.82, 2.24) is 8.80 Å². The van der Waals surface area contributed by atoms with Gasteiger partial charge in [0.25, 0.3) is 0 Å². The third-order valence-corrected chi connectivity index (χ3v) is 16.0. The van der Waals surface area contributed by atoms with Crippen LogP contribution >= 0.6 is 0 Å². The fourth-order valence-electron chi connectivity index (χ4n) is 12.8. The quantitative estimate of drug-likeness (QED) is 0.152. The molecule has 16 rings (SSSR count). The molecule has 0 N–H and O–H groups in total. The summed E-state index contributed by atoms with van der Waals surface area (Å²) >= 11 is 0. The molecule has 0 amide bonds. The van der Waals surface area contributed by atoms with Gasteiger partial charge in [0.15, 0.2) is 11.2 Å². The number of benzene rings is 10. The second kappa shape index (κ2) is 15.4. The predicted octanol–water partition coefficient (Wildman–Crippen LogP) is 19.9. The van der Waals surface area contributed by atoms with Crippen LogP contribution in [0.25, 0.3) is 121 Å². The number of aryl methyl sites for hydroxylation is 2. The lowest BCUT2D eigenvalue weighted by Gasteiger charge is -2.26. The summed E-state index contributed by atoms with van der Waals surface area (Å²) < 4.78 is 18.5. The van der Waals surface area contributed by atoms with Crippen molar-refractivity contribution in [2.24, 2.45) is 0 Å². The van der Waals surface area contributed by atoms with Crippen molar-refractivity contribution in [3.05, 3.63) is 229 Å². The van der Waals surface area contributed by atoms with Gasteiger partial charge in [0, 0.05) is 76.2 Å². The van der Waals surface area contributed by atoms with E-state index in [1.165, 1.54) is 76.3 Å². The third-order valence-electron chi connectivity index (χ3n) is 16.0. The van der Waals surface area contributed by atoms with Crippen molar-refractivity contribution in [1.29, 1.82) is 0 Å². The molecule has 0 saturated heterocycles. The maximum atomic E-state index is 6.76. The molecule has 0 fully saturated rings. The Kier molecular flexibility index (Phi) is 8.57. The SMILES string of the molecule is C=Cc1oc2c(N(c3ccc(C)cc3)c3cccc4c3c3cccc5c6cc7c(cc6n4c53)c3cccc4c5c(N(c6ccc(C)cc6)c6cccc8c6oc6ccccc68)cccc5n7c34)cccc2c1/C=C\C. The Morgan fingerprint density at radius 3 is 1.41 bits per heavy atom. The summed E-state index contributed by atoms with van der Waals surface area (Å²) in [4.78, 5) is 4.78. The summed E-state index contributed by atoms with van der Waals surface area (Å²) in [6.07, 6.45) is 5.99. The van der Waals surface area contributed by atoms with Crippen molar-refractivity contribution < 1.29 is 8.83 Å². The Morgan fingerprint density at radius 2 is 0.867 bits per heavy atom. The average Bonchev–Trinajstić information content (AvgIpc) is 4.44. The molecular formula is C69H46N4O2. The third kappa shape index (κ3) is 5.63. The molecule has 6 heterocycles. The van der Waals surface area contributed by atoms with E-state index < -0.39 is 0 Å². The number of nitrogens with zero attached hydrogens (tertiary/aromatic N) is 4. The van der Waals surface area contributed by atoms with Crippen molar-refractivity contribution >= 4 is 155 Å². The average molecular weight is 963 g/mol. The van der Waals surface area contributed by atoms with E-state index in [-0.39, 0.29) is 0 Å². The van der Waals surface area contributed by atoms with Crippen molar-refractivity contribution in [3.8, 4) is 0 Å². The topological polar surface area (TPSA) is 41.6 Å². The second-order valence-corrected chi connectivity index (χ2v) is 20.1. The van der Waals surface area contributed by atoms with E-state index in [2.05, 4.69) is 239 Å². The van der Waals surface area contributed by atoms with Crippen LogP contribution < -0.4 is 9.80 Å². The van der Waals surface area contributed by atoms with E-state index in [0.717, 1.165) is 89.4 Å². The lowest BCUT2D eigenvalue weighted by atomic mass is 10.0. The van der Waals surface area contributed by atoms with Gasteiger partial charge < -0.3 is 27.4 Å². The van der Waals surface area contributed by atoms with Gasteiger partial charge in [0.1, 0.15) is 11.3 Å². The van der Waals surface area contributed by atoms with Gasteiger partial charge in [-0.15, -0.1) is 0 Å². The molecule has 354 valence electrons. The first-order valence-electron chi connectivity index (χ1n) is 25.7. The van der Waals surface area contributed by atoms with Crippen LogP contribution in [-0.4, -0.2) is 8.80 Å². The summed E-state index contributed by atoms with van der Waals surface area (Å²) in [7, 11) is 0. The number of para-hydroxylation sites is 5. The minimum absolute atomic E-state index is 0.759. The molecule has 0 aliphatic carbocycles. The lowest BCUT2D eigenvalue weighted by Crippen LogP contribution is -2.10. The molecule has 6 nitrogen and oxygen atoms in total. The zero-order valence-electron chi connectivity index (χ0n) is 41.5. The van der Waals surface area contributed by atoms with Crippen molar-refractivity contribution in [2.75, 3.05) is 9.80 Å². The molecule has 75 heavy (non-hydrogen) atoms. The van der Waals surface area contributed by atoms with E-state index >= 15 is 0 Å². The van der Waals surface area contributed by atoms with E-state index in [9.17, 15) is 0 Å². The Morgan fingerprint density at radius 1 is 0.413 bits per heavy atom. The first-order valence-corrected chi connectivity index (χ1v) is 25.7. The normalized spacial score (nSPS) is 12.5. The summed E-state index contributed by atoms with van der Waals surface area (Å²) in [5, 5.41) is 13.0. The van der Waals surface area contributed by atoms with Crippen LogP contribution in [0.5, 0.6) is 0 Å². The van der Waals surface area contributed by atoms with Crippen molar-refractivity contribution in [3.63, 3.8) is 0 Å². The number of allylic oxidation sites excluding steroid dienone is 1. The maximum absolute atomic E-state index is 6.76. The highest BCUT2D eigenvalue weighted by Gasteiger charge is 2.29. The van der Waals surface area contributed by atoms with Gasteiger partial charge in [-0.3, -0.25) is 0 Å². The van der Waals surface area contributed by atoms with Crippen LogP contribution in [0.2, 0.25) is 0 Å². The van der Waals surface area contributed by atoms with Crippen LogP contribution in [0.4, 0.5) is 34.1 Å². The number of fused-ring (bicyclic) bond motifs is 16. The highest BCUT2D eigenvalue weighted by molar-refractivity contribution is 6.31. The van der Waals surface area contributed by atoms with Gasteiger partial charge in [0.05, 0.1) is 55.8 Å². The molecule has 0 aliphatic heterocycles. The highest BCUT2D eigenvalue weighted by Crippen LogP contribution is 2.52. The van der Waals surface area contributed by atoms with E-state index in [1.54, 1.807) is 0 Å². The summed E-state index contributed by atoms with van der Waals surface area (Å²) in [6.45, 7) is 10.5. The van der Waals surface area contributed by atoms with Gasteiger partial charge in [-0.1, -0.05) is 145 Å². The first kappa shape index (κ1) is 41.8. The van der Waals surface area contributed by atoms with Crippen LogP contribution in [0.3, 0.4) is 0 Å². The number of hydrogen-bond acceptors (Lipinski definition) is 4. The maximum Gasteiger partial charge on any atom is 0.159 e. The molecule has 0 spiro atoms. The van der Waals surface area contributed by atoms with Gasteiger partial charge in [-0.25, -0.2) is 0 Å². The molecule has 0 saturated carbocycles. The summed E-state index contributed by atoms with van der Waals surface area (Å²) in [6, 6.07) is 71.1. The summed E-state index contributed by atoms with van der Waals surface area (Å²) in [5.41, 5.74) is 19.4. The van der Waals surface area contributed by atoms with Crippen LogP contribution in [0.1, 0.15) is 29.4 Å². The molecule has 6 heteroatoms. The minimum Gasteiger partial charge on any atom is -0.454 e. The van der Waals surface area contributed by atoms with Crippen molar-refractivity contribution in [2.45, 2.75) is 20.8 Å². The van der Waals surface area contributed by atoms with E-state index in [0.29, 0.717) is 0 Å². The van der Waals surface area contributed by atoms with Crippen LogP contribution in [0.15, 0.2) is 216 Å². The number of anilines is 6. The van der Waals surface area contributed by atoms with Crippen LogP contribution in [-0.2, 0) is 0 Å². The smallest absolute Gasteiger partial charge is 0.159 e. The molecular weight excluding hydrogens is 917 g/mol. The Hall–Kier alpha value is -9.78. The Balaban J connectivity index is 0.949. The molecule has 0 unspecified atom stereocenters. The first-order chi connectivity index (χ1) is 37.0. The molecule has 16 aromatic rings. The predicted molar refractivity (Wildman–Crippen MR) is 316 cm³/mol. The van der Waals surface area contributed by atoms with Gasteiger partial charge in [-0.2, -0.15) is 0 Å². The minimum atomic E-state index is 0.759. The van der Waals surface area contributed by atoms with Gasteiger partial charge in [0.2, 0.25) is 0 Å². The van der Waals surface area contributed by atoms with Crippen LogP contribution in [0, 0.1) is 13.8 Å². The molecule has 0 radical (unpaired) electrons. The standard InChI is InChI=1S/C69H46N4O2/c1-5-15-44-48-19-11-27-58(68(48)74-62(44)6-2)70(42-34-30-40(3)31-35-42)54-23-13-25-56-64(54)50-21-9-17-46-52-39-61-53(38-60(52)72(56)66(46)50)47-18-10-22-51-65-55(24-14-26-57(65)73(61)67(47)51)71(43-36-32-41(4)33-37-43)59-28-12-20-49-45-16-7-8-29-63(45)75-69(49)59/h5-39H,2H2,1,3-4H3/b15-5-. The number of furan rings is 2. The van der Waals surface area contributed by atoms with Gasteiger partial charge in [-0.05, 0) is 106 Å². The largest absolute Gasteiger partial charge is 0.454 e. The molecule has 0 aliphatic rings. The Labute approximate surface area is 430 Å². The molecule has 0 atom stereocenters. The summed E-state index contributed by atoms with van der Waals surface area (Å²) in [5.74, 6) is 0.759. The molecule has 0 bridgehead atoms.